The number of carbonyl (C=O) groups is 1. The third-order valence-corrected chi connectivity index (χ3v) is 1.69. The Bertz CT molecular complexity index is 305. The molecule has 1 aromatic carbocycles. The molecule has 13 heavy (non-hydrogen) atoms. The Kier molecular flexibility index (Phi) is 3.93. The smallest absolute Gasteiger partial charge is 0.150 e. The highest BCUT2D eigenvalue weighted by Gasteiger charge is 1.89. The fourth-order valence-electron chi connectivity index (χ4n) is 1.05. The average Bonchev–Trinajstić information content (AvgIpc) is 2.19. The molecule has 0 fully saturated rings. The lowest BCUT2D eigenvalue weighted by molar-refractivity contribution is 0.112. The maximum absolute atomic E-state index is 10.4. The molecule has 0 aliphatic rings. The lowest BCUT2D eigenvalue weighted by atomic mass is 10.1. The van der Waals surface area contributed by atoms with E-state index in [1.165, 1.54) is 0 Å². The Labute approximate surface area is 78.1 Å². The molecule has 0 spiro atoms. The Morgan fingerprint density at radius 2 is 2.08 bits per heavy atom. The molecule has 2 N–H and O–H groups in total. The van der Waals surface area contributed by atoms with Gasteiger partial charge in [-0.05, 0) is 24.6 Å². The summed E-state index contributed by atoms with van der Waals surface area (Å²) in [7, 11) is 0. The van der Waals surface area contributed by atoms with Crippen LogP contribution in [0.1, 0.15) is 22.3 Å². The van der Waals surface area contributed by atoms with Gasteiger partial charge >= 0.3 is 0 Å². The Morgan fingerprint density at radius 3 is 2.77 bits per heavy atom. The summed E-state index contributed by atoms with van der Waals surface area (Å²) in [5, 5.41) is 0. The van der Waals surface area contributed by atoms with Gasteiger partial charge in [-0.3, -0.25) is 4.79 Å². The molecular weight excluding hydrogens is 162 g/mol. The molecule has 1 aromatic rings. The second kappa shape index (κ2) is 5.27. The minimum atomic E-state index is 0.657. The summed E-state index contributed by atoms with van der Waals surface area (Å²) >= 11 is 0. The number of hydrogen-bond donors (Lipinski definition) is 1. The van der Waals surface area contributed by atoms with E-state index in [0.717, 1.165) is 18.3 Å². The minimum Gasteiger partial charge on any atom is -0.330 e. The van der Waals surface area contributed by atoms with Crippen LogP contribution in [0.4, 0.5) is 0 Å². The number of benzene rings is 1. The van der Waals surface area contributed by atoms with Crippen molar-refractivity contribution in [3.8, 4) is 0 Å². The zero-order valence-electron chi connectivity index (χ0n) is 7.44. The summed E-state index contributed by atoms with van der Waals surface area (Å²) in [5.74, 6) is 0. The number of nitrogens with two attached hydrogens (primary N) is 1. The van der Waals surface area contributed by atoms with Crippen LogP contribution in [0.25, 0.3) is 6.08 Å². The van der Waals surface area contributed by atoms with Crippen molar-refractivity contribution >= 4 is 12.4 Å². The fraction of sp³-hybridized carbons (Fsp3) is 0.182. The summed E-state index contributed by atoms with van der Waals surface area (Å²) < 4.78 is 0. The zero-order chi connectivity index (χ0) is 9.52. The molecule has 0 saturated heterocycles. The number of carbonyl (C=O) groups excluding carboxylic acids is 1. The highest BCUT2D eigenvalue weighted by Crippen LogP contribution is 2.05. The van der Waals surface area contributed by atoms with Gasteiger partial charge < -0.3 is 5.73 Å². The Hall–Kier alpha value is -1.41. The fourth-order valence-corrected chi connectivity index (χ4v) is 1.05. The van der Waals surface area contributed by atoms with Gasteiger partial charge in [-0.15, -0.1) is 0 Å². The molecule has 0 amide bonds. The van der Waals surface area contributed by atoms with Gasteiger partial charge in [0.25, 0.3) is 0 Å². The van der Waals surface area contributed by atoms with Gasteiger partial charge in [0.2, 0.25) is 0 Å². The third-order valence-electron chi connectivity index (χ3n) is 1.69. The molecule has 0 unspecified atom stereocenters. The van der Waals surface area contributed by atoms with Crippen molar-refractivity contribution in [1.29, 1.82) is 0 Å². The molecule has 1 rings (SSSR count). The van der Waals surface area contributed by atoms with Crippen LogP contribution in [-0.2, 0) is 0 Å². The maximum atomic E-state index is 10.4. The molecule has 2 heteroatoms. The standard InChI is InChI=1S/C11H13NO/c12-7-2-1-4-10-5-3-6-11(8-10)9-13/h1,3-6,8-9H,2,7,12H2. The van der Waals surface area contributed by atoms with Crippen LogP contribution >= 0.6 is 0 Å². The van der Waals surface area contributed by atoms with Gasteiger partial charge in [0.15, 0.2) is 0 Å². The van der Waals surface area contributed by atoms with E-state index < -0.39 is 0 Å². The van der Waals surface area contributed by atoms with E-state index in [9.17, 15) is 4.79 Å². The molecule has 0 aliphatic carbocycles. The second-order valence-electron chi connectivity index (χ2n) is 2.77. The highest BCUT2D eigenvalue weighted by molar-refractivity contribution is 5.76. The summed E-state index contributed by atoms with van der Waals surface area (Å²) in [6.45, 7) is 0.657. The van der Waals surface area contributed by atoms with Gasteiger partial charge in [-0.2, -0.15) is 0 Å². The number of rotatable bonds is 4. The van der Waals surface area contributed by atoms with Crippen LogP contribution in [0.15, 0.2) is 30.3 Å². The van der Waals surface area contributed by atoms with Crippen LogP contribution in [-0.4, -0.2) is 12.8 Å². The van der Waals surface area contributed by atoms with E-state index >= 15 is 0 Å². The molecule has 0 aromatic heterocycles. The van der Waals surface area contributed by atoms with E-state index in [1.54, 1.807) is 6.07 Å². The van der Waals surface area contributed by atoms with Crippen molar-refractivity contribution in [3.05, 3.63) is 41.5 Å². The summed E-state index contributed by atoms with van der Waals surface area (Å²) in [5.41, 5.74) is 7.08. The summed E-state index contributed by atoms with van der Waals surface area (Å²) in [6, 6.07) is 7.46. The molecule has 0 bridgehead atoms. The van der Waals surface area contributed by atoms with Crippen LogP contribution in [0.2, 0.25) is 0 Å². The molecule has 0 aliphatic heterocycles. The van der Waals surface area contributed by atoms with Crippen LogP contribution in [0, 0.1) is 0 Å². The second-order valence-corrected chi connectivity index (χ2v) is 2.77. The first-order chi connectivity index (χ1) is 6.36. The van der Waals surface area contributed by atoms with Crippen molar-refractivity contribution in [1.82, 2.24) is 0 Å². The van der Waals surface area contributed by atoms with Crippen LogP contribution in [0.5, 0.6) is 0 Å². The SMILES string of the molecule is NCCC=Cc1cccc(C=O)c1. The zero-order valence-corrected chi connectivity index (χ0v) is 7.44. The lowest BCUT2D eigenvalue weighted by Crippen LogP contribution is -1.94. The predicted molar refractivity (Wildman–Crippen MR) is 54.5 cm³/mol. The van der Waals surface area contributed by atoms with Gasteiger partial charge in [-0.25, -0.2) is 0 Å². The summed E-state index contributed by atoms with van der Waals surface area (Å²) in [6.07, 6.45) is 5.69. The van der Waals surface area contributed by atoms with Gasteiger partial charge in [0.1, 0.15) is 6.29 Å². The Balaban J connectivity index is 2.71. The van der Waals surface area contributed by atoms with E-state index in [-0.39, 0.29) is 0 Å². The third kappa shape index (κ3) is 3.22. The minimum absolute atomic E-state index is 0.657. The average molecular weight is 175 g/mol. The largest absolute Gasteiger partial charge is 0.330 e. The van der Waals surface area contributed by atoms with Crippen molar-refractivity contribution in [3.63, 3.8) is 0 Å². The van der Waals surface area contributed by atoms with E-state index in [4.69, 9.17) is 5.73 Å². The van der Waals surface area contributed by atoms with Crippen molar-refractivity contribution in [2.75, 3.05) is 6.54 Å². The highest BCUT2D eigenvalue weighted by atomic mass is 16.1. The van der Waals surface area contributed by atoms with E-state index in [2.05, 4.69) is 0 Å². The van der Waals surface area contributed by atoms with Crippen molar-refractivity contribution in [2.24, 2.45) is 5.73 Å². The van der Waals surface area contributed by atoms with Gasteiger partial charge in [-0.1, -0.05) is 30.4 Å². The van der Waals surface area contributed by atoms with Gasteiger partial charge in [0, 0.05) is 5.56 Å². The van der Waals surface area contributed by atoms with E-state index in [1.807, 2.05) is 30.4 Å². The first-order valence-electron chi connectivity index (χ1n) is 4.28. The molecule has 0 radical (unpaired) electrons. The molecule has 0 heterocycles. The quantitative estimate of drug-likeness (QED) is 0.710. The maximum Gasteiger partial charge on any atom is 0.150 e. The van der Waals surface area contributed by atoms with Crippen LogP contribution < -0.4 is 5.73 Å². The summed E-state index contributed by atoms with van der Waals surface area (Å²) in [4.78, 5) is 10.4. The molecular formula is C11H13NO. The van der Waals surface area contributed by atoms with Gasteiger partial charge in [0.05, 0.1) is 0 Å². The Morgan fingerprint density at radius 1 is 1.31 bits per heavy atom. The monoisotopic (exact) mass is 175 g/mol. The van der Waals surface area contributed by atoms with E-state index in [0.29, 0.717) is 12.1 Å². The lowest BCUT2D eigenvalue weighted by Gasteiger charge is -1.94. The predicted octanol–water partition coefficient (Wildman–Crippen LogP) is 1.86. The number of hydrogen-bond acceptors (Lipinski definition) is 2. The molecule has 0 saturated carbocycles. The number of aldehydes is 1. The van der Waals surface area contributed by atoms with Crippen molar-refractivity contribution < 1.29 is 4.79 Å². The normalized spacial score (nSPS) is 10.5. The topological polar surface area (TPSA) is 43.1 Å². The molecule has 0 atom stereocenters. The first kappa shape index (κ1) is 9.68. The molecule has 68 valence electrons. The molecule has 2 nitrogen and oxygen atoms in total. The first-order valence-corrected chi connectivity index (χ1v) is 4.28. The van der Waals surface area contributed by atoms with Crippen LogP contribution in [0.3, 0.4) is 0 Å². The van der Waals surface area contributed by atoms with Crippen molar-refractivity contribution in [2.45, 2.75) is 6.42 Å².